The standard InChI is InChI=1S/C34H43ClN2O6S/c1-3-6-23(19-38)20-44(41,42)36-33(40)25-10-14-32-30(17-25)37(18-26-9-12-28(26)31(39)7-4-2)21-34(22-43-32)15-5-8-24-16-27(35)11-13-29(24)34/h3-4,10-11,13-14,16-17,23,26,28,31,38-39H,1-2,5-9,12,15,18-22H2,(H,36,40)/t23-,26-,28+,31-,34-/m0/s1. The number of carbonyl (C=O) groups excluding carboxylic acids is 1. The Kier molecular flexibility index (Phi) is 10.1. The quantitative estimate of drug-likeness (QED) is 0.279. The summed E-state index contributed by atoms with van der Waals surface area (Å²) in [5.41, 5.74) is 3.09. The molecular weight excluding hydrogens is 600 g/mol. The minimum absolute atomic E-state index is 0.153. The number of nitrogens with zero attached hydrogens (tertiary/aromatic N) is 1. The van der Waals surface area contributed by atoms with Gasteiger partial charge in [0.05, 0.1) is 24.2 Å². The zero-order valence-corrected chi connectivity index (χ0v) is 26.7. The highest BCUT2D eigenvalue weighted by molar-refractivity contribution is 7.90. The lowest BCUT2D eigenvalue weighted by Gasteiger charge is -2.45. The number of allylic oxidation sites excluding steroid dienone is 1. The Hall–Kier alpha value is -2.85. The molecule has 44 heavy (non-hydrogen) atoms. The Labute approximate surface area is 265 Å². The maximum Gasteiger partial charge on any atom is 0.264 e. The van der Waals surface area contributed by atoms with Crippen LogP contribution in [-0.4, -0.2) is 62.7 Å². The molecule has 1 spiro atoms. The summed E-state index contributed by atoms with van der Waals surface area (Å²) in [6.45, 7) is 8.86. The van der Waals surface area contributed by atoms with E-state index in [2.05, 4.69) is 28.8 Å². The van der Waals surface area contributed by atoms with Gasteiger partial charge >= 0.3 is 0 Å². The Morgan fingerprint density at radius 3 is 2.68 bits per heavy atom. The van der Waals surface area contributed by atoms with Gasteiger partial charge in [-0.2, -0.15) is 0 Å². The van der Waals surface area contributed by atoms with E-state index < -0.39 is 28.0 Å². The fourth-order valence-corrected chi connectivity index (χ4v) is 8.74. The number of halogens is 1. The van der Waals surface area contributed by atoms with E-state index in [9.17, 15) is 23.4 Å². The second kappa shape index (κ2) is 13.6. The van der Waals surface area contributed by atoms with E-state index in [-0.39, 0.29) is 35.2 Å². The van der Waals surface area contributed by atoms with Crippen molar-refractivity contribution in [1.29, 1.82) is 0 Å². The average Bonchev–Trinajstić information content (AvgIpc) is 3.11. The van der Waals surface area contributed by atoms with Crippen LogP contribution < -0.4 is 14.4 Å². The molecular formula is C34H43ClN2O6S. The number of benzene rings is 2. The lowest BCUT2D eigenvalue weighted by atomic mass is 9.68. The minimum atomic E-state index is -4.00. The highest BCUT2D eigenvalue weighted by Gasteiger charge is 2.44. The molecule has 0 radical (unpaired) electrons. The Balaban J connectivity index is 1.46. The number of fused-ring (bicyclic) bond motifs is 3. The lowest BCUT2D eigenvalue weighted by Crippen LogP contribution is -2.49. The van der Waals surface area contributed by atoms with Crippen LogP contribution in [0.25, 0.3) is 0 Å². The Morgan fingerprint density at radius 2 is 1.98 bits per heavy atom. The van der Waals surface area contributed by atoms with Gasteiger partial charge in [0.15, 0.2) is 0 Å². The van der Waals surface area contributed by atoms with Crippen LogP contribution in [0.2, 0.25) is 5.02 Å². The maximum atomic E-state index is 13.3. The first-order chi connectivity index (χ1) is 21.1. The van der Waals surface area contributed by atoms with Gasteiger partial charge in [-0.3, -0.25) is 4.79 Å². The van der Waals surface area contributed by atoms with Crippen LogP contribution in [0, 0.1) is 17.8 Å². The van der Waals surface area contributed by atoms with Crippen LogP contribution in [0.15, 0.2) is 61.7 Å². The summed E-state index contributed by atoms with van der Waals surface area (Å²) in [6, 6.07) is 11.1. The third kappa shape index (κ3) is 7.01. The number of nitrogens with one attached hydrogen (secondary N) is 1. The smallest absolute Gasteiger partial charge is 0.264 e. The van der Waals surface area contributed by atoms with Crippen molar-refractivity contribution in [2.75, 3.05) is 37.0 Å². The van der Waals surface area contributed by atoms with Gasteiger partial charge in [0.25, 0.3) is 5.91 Å². The van der Waals surface area contributed by atoms with Gasteiger partial charge in [-0.25, -0.2) is 13.1 Å². The first-order valence-electron chi connectivity index (χ1n) is 15.4. The monoisotopic (exact) mass is 642 g/mol. The summed E-state index contributed by atoms with van der Waals surface area (Å²) < 4.78 is 34.3. The van der Waals surface area contributed by atoms with Crippen molar-refractivity contribution in [2.45, 2.75) is 56.5 Å². The van der Waals surface area contributed by atoms with Crippen molar-refractivity contribution < 1.29 is 28.2 Å². The molecule has 5 atom stereocenters. The molecule has 0 aromatic heterocycles. The van der Waals surface area contributed by atoms with Gasteiger partial charge in [0.2, 0.25) is 10.0 Å². The predicted molar refractivity (Wildman–Crippen MR) is 174 cm³/mol. The van der Waals surface area contributed by atoms with Gasteiger partial charge in [-0.05, 0) is 98.2 Å². The summed E-state index contributed by atoms with van der Waals surface area (Å²) >= 11 is 6.38. The number of hydrogen-bond acceptors (Lipinski definition) is 7. The number of hydrogen-bond donors (Lipinski definition) is 3. The number of rotatable bonds is 12. The molecule has 0 saturated heterocycles. The fraction of sp³-hybridized carbons (Fsp3) is 0.500. The molecule has 2 aromatic rings. The molecule has 1 saturated carbocycles. The van der Waals surface area contributed by atoms with Crippen LogP contribution in [0.4, 0.5) is 5.69 Å². The van der Waals surface area contributed by atoms with Gasteiger partial charge in [-0.1, -0.05) is 29.8 Å². The Bertz CT molecular complexity index is 1500. The molecule has 10 heteroatoms. The molecule has 5 rings (SSSR count). The molecule has 0 unspecified atom stereocenters. The summed E-state index contributed by atoms with van der Waals surface area (Å²) in [4.78, 5) is 15.6. The molecule has 2 aromatic carbocycles. The molecule has 3 aliphatic rings. The summed E-state index contributed by atoms with van der Waals surface area (Å²) in [6.07, 6.45) is 8.53. The van der Waals surface area contributed by atoms with Crippen molar-refractivity contribution in [3.63, 3.8) is 0 Å². The number of carbonyl (C=O) groups is 1. The van der Waals surface area contributed by atoms with Gasteiger partial charge in [0, 0.05) is 41.6 Å². The van der Waals surface area contributed by atoms with Crippen molar-refractivity contribution in [3.8, 4) is 5.75 Å². The number of aliphatic hydroxyl groups is 2. The number of sulfonamides is 1. The van der Waals surface area contributed by atoms with Crippen LogP contribution in [0.5, 0.6) is 5.75 Å². The second-order valence-corrected chi connectivity index (χ2v) is 14.9. The van der Waals surface area contributed by atoms with Crippen molar-refractivity contribution in [3.05, 3.63) is 83.4 Å². The van der Waals surface area contributed by atoms with Crippen LogP contribution in [-0.2, 0) is 21.9 Å². The molecule has 8 nitrogen and oxygen atoms in total. The number of ether oxygens (including phenoxy) is 1. The normalized spacial score (nSPS) is 24.1. The molecule has 3 N–H and O–H groups in total. The van der Waals surface area contributed by atoms with Crippen LogP contribution in [0.3, 0.4) is 0 Å². The molecule has 0 bridgehead atoms. The highest BCUT2D eigenvalue weighted by Crippen LogP contribution is 2.46. The number of amides is 1. The first-order valence-corrected chi connectivity index (χ1v) is 17.5. The SMILES string of the molecule is C=CC[C@@H](CO)CS(=O)(=O)NC(=O)c1ccc2c(c1)N(C[C@@H]1CC[C@H]1[C@@H](O)CC=C)C[C@@]1(CCCc3cc(Cl)ccc31)CO2. The number of aryl methyl sites for hydroxylation is 1. The first kappa shape index (κ1) is 32.5. The fourth-order valence-electron chi connectivity index (χ4n) is 7.20. The predicted octanol–water partition coefficient (Wildman–Crippen LogP) is 5.02. The van der Waals surface area contributed by atoms with E-state index in [0.29, 0.717) is 43.3 Å². The molecule has 1 heterocycles. The summed E-state index contributed by atoms with van der Waals surface area (Å²) in [7, 11) is -4.00. The van der Waals surface area contributed by atoms with E-state index in [1.807, 2.05) is 12.1 Å². The molecule has 1 aliphatic heterocycles. The van der Waals surface area contributed by atoms with E-state index >= 15 is 0 Å². The van der Waals surface area contributed by atoms with Crippen molar-refractivity contribution >= 4 is 33.2 Å². The van der Waals surface area contributed by atoms with Crippen molar-refractivity contribution in [2.24, 2.45) is 17.8 Å². The molecule has 2 aliphatic carbocycles. The van der Waals surface area contributed by atoms with Gasteiger partial charge < -0.3 is 19.8 Å². The Morgan fingerprint density at radius 1 is 1.18 bits per heavy atom. The summed E-state index contributed by atoms with van der Waals surface area (Å²) in [5.74, 6) is -0.632. The topological polar surface area (TPSA) is 116 Å². The molecule has 238 valence electrons. The van der Waals surface area contributed by atoms with Crippen LogP contribution in [0.1, 0.15) is 60.0 Å². The zero-order chi connectivity index (χ0) is 31.5. The average molecular weight is 643 g/mol. The summed E-state index contributed by atoms with van der Waals surface area (Å²) in [5, 5.41) is 21.1. The lowest BCUT2D eigenvalue weighted by molar-refractivity contribution is 0.0178. The van der Waals surface area contributed by atoms with E-state index in [1.54, 1.807) is 30.4 Å². The van der Waals surface area contributed by atoms with E-state index in [1.165, 1.54) is 11.1 Å². The van der Waals surface area contributed by atoms with Crippen molar-refractivity contribution in [1.82, 2.24) is 4.72 Å². The van der Waals surface area contributed by atoms with Gasteiger partial charge in [-0.15, -0.1) is 13.2 Å². The van der Waals surface area contributed by atoms with E-state index in [4.69, 9.17) is 16.3 Å². The third-order valence-electron chi connectivity index (χ3n) is 9.59. The number of aliphatic hydroxyl groups excluding tert-OH is 2. The number of anilines is 1. The maximum absolute atomic E-state index is 13.3. The highest BCUT2D eigenvalue weighted by atomic mass is 35.5. The molecule has 1 amide bonds. The minimum Gasteiger partial charge on any atom is -0.490 e. The molecule has 1 fully saturated rings. The van der Waals surface area contributed by atoms with Crippen LogP contribution >= 0.6 is 11.6 Å². The van der Waals surface area contributed by atoms with E-state index in [0.717, 1.165) is 37.8 Å². The largest absolute Gasteiger partial charge is 0.490 e. The zero-order valence-electron chi connectivity index (χ0n) is 25.1. The second-order valence-electron chi connectivity index (χ2n) is 12.7. The van der Waals surface area contributed by atoms with Gasteiger partial charge in [0.1, 0.15) is 5.75 Å². The third-order valence-corrected chi connectivity index (χ3v) is 11.2.